The molecule has 5 nitrogen and oxygen atoms in total. The van der Waals surface area contributed by atoms with Gasteiger partial charge in [-0.15, -0.1) is 0 Å². The summed E-state index contributed by atoms with van der Waals surface area (Å²) in [6.45, 7) is 3.19. The van der Waals surface area contributed by atoms with Gasteiger partial charge in [-0.2, -0.15) is 0 Å². The predicted octanol–water partition coefficient (Wildman–Crippen LogP) is 1.24. The molecule has 21 heavy (non-hydrogen) atoms. The molecule has 0 unspecified atom stereocenters. The molecule has 0 saturated heterocycles. The average Bonchev–Trinajstić information content (AvgIpc) is 3.22. The number of amides is 2. The highest BCUT2D eigenvalue weighted by atomic mass is 16.2. The summed E-state index contributed by atoms with van der Waals surface area (Å²) in [6, 6.07) is 8.17. The molecule has 0 radical (unpaired) electrons. The first kappa shape index (κ1) is 13.9. The Kier molecular flexibility index (Phi) is 3.82. The maximum atomic E-state index is 12.0. The summed E-state index contributed by atoms with van der Waals surface area (Å²) in [5.74, 6) is 0.264. The highest BCUT2D eigenvalue weighted by Crippen LogP contribution is 2.37. The van der Waals surface area contributed by atoms with E-state index in [-0.39, 0.29) is 24.3 Å². The first-order valence-electron chi connectivity index (χ1n) is 7.56. The van der Waals surface area contributed by atoms with Crippen LogP contribution in [0.4, 0.5) is 5.69 Å². The number of fused-ring (bicyclic) bond motifs is 1. The second-order valence-electron chi connectivity index (χ2n) is 6.01. The number of hydrazine groups is 1. The van der Waals surface area contributed by atoms with E-state index in [9.17, 15) is 9.59 Å². The number of carbonyl (C=O) groups is 2. The van der Waals surface area contributed by atoms with Gasteiger partial charge in [-0.05, 0) is 36.8 Å². The maximum absolute atomic E-state index is 12.0. The van der Waals surface area contributed by atoms with E-state index in [1.807, 2.05) is 25.1 Å². The minimum atomic E-state index is -0.173. The monoisotopic (exact) mass is 287 g/mol. The van der Waals surface area contributed by atoms with E-state index in [0.717, 1.165) is 31.5 Å². The zero-order valence-electron chi connectivity index (χ0n) is 12.3. The van der Waals surface area contributed by atoms with Crippen LogP contribution in [0.1, 0.15) is 25.3 Å². The quantitative estimate of drug-likeness (QED) is 0.822. The molecule has 1 saturated carbocycles. The van der Waals surface area contributed by atoms with Gasteiger partial charge in [0.05, 0.1) is 6.54 Å². The Morgan fingerprint density at radius 3 is 2.81 bits per heavy atom. The lowest BCUT2D eigenvalue weighted by molar-refractivity contribution is -0.129. The number of carbonyl (C=O) groups excluding carboxylic acids is 2. The van der Waals surface area contributed by atoms with E-state index in [0.29, 0.717) is 5.92 Å². The summed E-state index contributed by atoms with van der Waals surface area (Å²) >= 11 is 0. The van der Waals surface area contributed by atoms with Gasteiger partial charge in [-0.1, -0.05) is 25.1 Å². The molecular formula is C16H21N3O2. The van der Waals surface area contributed by atoms with Crippen LogP contribution in [0.3, 0.4) is 0 Å². The Bertz CT molecular complexity index is 558. The summed E-state index contributed by atoms with van der Waals surface area (Å²) < 4.78 is 0. The molecule has 1 aliphatic carbocycles. The molecule has 1 aromatic carbocycles. The molecule has 2 aliphatic rings. The lowest BCUT2D eigenvalue weighted by atomic mass is 10.0. The number of nitrogens with zero attached hydrogens (tertiary/aromatic N) is 1. The molecule has 0 bridgehead atoms. The second-order valence-corrected chi connectivity index (χ2v) is 6.01. The topological polar surface area (TPSA) is 61.4 Å². The second kappa shape index (κ2) is 5.76. The van der Waals surface area contributed by atoms with Crippen LogP contribution in [0.15, 0.2) is 24.3 Å². The predicted molar refractivity (Wildman–Crippen MR) is 80.5 cm³/mol. The maximum Gasteiger partial charge on any atom is 0.257 e. The zero-order chi connectivity index (χ0) is 14.8. The fourth-order valence-corrected chi connectivity index (χ4v) is 2.90. The lowest BCUT2D eigenvalue weighted by Gasteiger charge is -2.30. The van der Waals surface area contributed by atoms with Gasteiger partial charge < -0.3 is 4.90 Å². The third-order valence-corrected chi connectivity index (χ3v) is 4.31. The molecule has 112 valence electrons. The van der Waals surface area contributed by atoms with Gasteiger partial charge in [0.15, 0.2) is 0 Å². The Balaban J connectivity index is 1.52. The number of rotatable bonds is 3. The summed E-state index contributed by atoms with van der Waals surface area (Å²) in [6.07, 6.45) is 3.03. The van der Waals surface area contributed by atoms with Crippen molar-refractivity contribution in [3.63, 3.8) is 0 Å². The number of anilines is 1. The molecule has 1 heterocycles. The van der Waals surface area contributed by atoms with Crippen LogP contribution < -0.4 is 15.8 Å². The van der Waals surface area contributed by atoms with Crippen molar-refractivity contribution < 1.29 is 9.59 Å². The van der Waals surface area contributed by atoms with Crippen LogP contribution in [0.2, 0.25) is 0 Å². The Morgan fingerprint density at radius 1 is 1.29 bits per heavy atom. The van der Waals surface area contributed by atoms with Crippen molar-refractivity contribution in [3.8, 4) is 0 Å². The van der Waals surface area contributed by atoms with Crippen molar-refractivity contribution >= 4 is 17.5 Å². The molecule has 2 N–H and O–H groups in total. The van der Waals surface area contributed by atoms with Crippen molar-refractivity contribution in [1.82, 2.24) is 10.9 Å². The van der Waals surface area contributed by atoms with Crippen molar-refractivity contribution in [1.29, 1.82) is 0 Å². The molecule has 1 aliphatic heterocycles. The van der Waals surface area contributed by atoms with Gasteiger partial charge in [0.25, 0.3) is 5.91 Å². The number of nitrogens with one attached hydrogen (secondary N) is 2. The van der Waals surface area contributed by atoms with Gasteiger partial charge >= 0.3 is 0 Å². The standard InChI is InChI=1S/C16H21N3O2/c1-11-9-13(11)16(21)18-17-15(20)10-19-8-4-6-12-5-2-3-7-14(12)19/h2-3,5,7,11,13H,4,6,8-10H2,1H3,(H,17,20)(H,18,21)/t11-,13-/m0/s1. The van der Waals surface area contributed by atoms with Crippen LogP contribution >= 0.6 is 0 Å². The molecule has 2 atom stereocenters. The van der Waals surface area contributed by atoms with E-state index in [2.05, 4.69) is 21.8 Å². The summed E-state index contributed by atoms with van der Waals surface area (Å²) in [5, 5.41) is 0. The van der Waals surface area contributed by atoms with Crippen LogP contribution in [0, 0.1) is 11.8 Å². The van der Waals surface area contributed by atoms with E-state index < -0.39 is 0 Å². The average molecular weight is 287 g/mol. The fraction of sp³-hybridized carbons (Fsp3) is 0.500. The summed E-state index contributed by atoms with van der Waals surface area (Å²) in [4.78, 5) is 25.7. The molecule has 1 aromatic rings. The highest BCUT2D eigenvalue weighted by molar-refractivity contribution is 5.87. The molecule has 3 rings (SSSR count). The van der Waals surface area contributed by atoms with Gasteiger partial charge in [-0.25, -0.2) is 0 Å². The molecule has 1 fully saturated rings. The van der Waals surface area contributed by atoms with Crippen molar-refractivity contribution in [2.75, 3.05) is 18.0 Å². The number of hydrogen-bond donors (Lipinski definition) is 2. The van der Waals surface area contributed by atoms with Crippen LogP contribution in [0.25, 0.3) is 0 Å². The fourth-order valence-electron chi connectivity index (χ4n) is 2.90. The Hall–Kier alpha value is -2.04. The molecular weight excluding hydrogens is 266 g/mol. The van der Waals surface area contributed by atoms with E-state index in [4.69, 9.17) is 0 Å². The number of aryl methyl sites for hydroxylation is 1. The molecule has 0 spiro atoms. The van der Waals surface area contributed by atoms with Gasteiger partial charge in [-0.3, -0.25) is 20.4 Å². The van der Waals surface area contributed by atoms with E-state index in [1.54, 1.807) is 0 Å². The van der Waals surface area contributed by atoms with E-state index >= 15 is 0 Å². The smallest absolute Gasteiger partial charge is 0.257 e. The number of benzene rings is 1. The van der Waals surface area contributed by atoms with Crippen LogP contribution in [-0.2, 0) is 16.0 Å². The largest absolute Gasteiger partial charge is 0.362 e. The van der Waals surface area contributed by atoms with Gasteiger partial charge in [0, 0.05) is 18.2 Å². The van der Waals surface area contributed by atoms with Crippen molar-refractivity contribution in [2.45, 2.75) is 26.2 Å². The lowest BCUT2D eigenvalue weighted by Crippen LogP contribution is -2.48. The first-order chi connectivity index (χ1) is 10.1. The van der Waals surface area contributed by atoms with Crippen LogP contribution in [0.5, 0.6) is 0 Å². The van der Waals surface area contributed by atoms with Crippen molar-refractivity contribution in [2.24, 2.45) is 11.8 Å². The normalized spacial score (nSPS) is 23.2. The minimum Gasteiger partial charge on any atom is -0.362 e. The first-order valence-corrected chi connectivity index (χ1v) is 7.56. The minimum absolute atomic E-state index is 0.0704. The highest BCUT2D eigenvalue weighted by Gasteiger charge is 2.39. The third kappa shape index (κ3) is 3.17. The van der Waals surface area contributed by atoms with Crippen LogP contribution in [-0.4, -0.2) is 24.9 Å². The Morgan fingerprint density at radius 2 is 2.05 bits per heavy atom. The zero-order valence-corrected chi connectivity index (χ0v) is 12.3. The number of para-hydroxylation sites is 1. The SMILES string of the molecule is C[C@H]1C[C@@H]1C(=O)NNC(=O)CN1CCCc2ccccc21. The van der Waals surface area contributed by atoms with Gasteiger partial charge in [0.2, 0.25) is 5.91 Å². The molecule has 0 aromatic heterocycles. The summed E-state index contributed by atoms with van der Waals surface area (Å²) in [5.41, 5.74) is 7.46. The third-order valence-electron chi connectivity index (χ3n) is 4.31. The van der Waals surface area contributed by atoms with E-state index in [1.165, 1.54) is 5.56 Å². The Labute approximate surface area is 124 Å². The molecule has 5 heteroatoms. The van der Waals surface area contributed by atoms with Gasteiger partial charge in [0.1, 0.15) is 0 Å². The number of hydrogen-bond acceptors (Lipinski definition) is 3. The van der Waals surface area contributed by atoms with Crippen molar-refractivity contribution in [3.05, 3.63) is 29.8 Å². The summed E-state index contributed by atoms with van der Waals surface area (Å²) in [7, 11) is 0. The molecule has 2 amide bonds.